The van der Waals surface area contributed by atoms with E-state index in [0.29, 0.717) is 12.6 Å². The number of rotatable bonds is 9. The summed E-state index contributed by atoms with van der Waals surface area (Å²) in [6.07, 6.45) is 6.96. The van der Waals surface area contributed by atoms with E-state index in [2.05, 4.69) is 18.7 Å². The van der Waals surface area contributed by atoms with E-state index >= 15 is 0 Å². The van der Waals surface area contributed by atoms with Gasteiger partial charge in [-0.2, -0.15) is 0 Å². The molecule has 0 aromatic carbocycles. The number of aliphatic carboxylic acids is 1. The molecule has 0 spiro atoms. The number of nitrogens with zero attached hydrogens (tertiary/aromatic N) is 2. The summed E-state index contributed by atoms with van der Waals surface area (Å²) in [5.41, 5.74) is 0. The van der Waals surface area contributed by atoms with E-state index in [9.17, 15) is 14.7 Å². The monoisotopic (exact) mass is 310 g/mol. The molecule has 126 valence electrons. The molecule has 1 N–H and O–H groups in total. The molecule has 0 saturated carbocycles. The molecular formula is C17H30N2O3. The van der Waals surface area contributed by atoms with Gasteiger partial charge < -0.3 is 10.0 Å². The van der Waals surface area contributed by atoms with Crippen molar-refractivity contribution < 1.29 is 14.7 Å². The number of carbonyl (C=O) groups is 2. The van der Waals surface area contributed by atoms with Crippen LogP contribution in [0.4, 0.5) is 0 Å². The van der Waals surface area contributed by atoms with E-state index < -0.39 is 5.97 Å². The number of hydrogen-bond donors (Lipinski definition) is 1. The molecule has 0 radical (unpaired) electrons. The number of fused-ring (bicyclic) bond motifs is 2. The first kappa shape index (κ1) is 17.3. The SMILES string of the molecule is CCCCN(CCCC)C(=O)CN1C2CCC1C(C(=O)O)C2. The highest BCUT2D eigenvalue weighted by atomic mass is 16.4. The molecule has 2 heterocycles. The molecule has 3 unspecified atom stereocenters. The van der Waals surface area contributed by atoms with Gasteiger partial charge in [-0.1, -0.05) is 26.7 Å². The predicted molar refractivity (Wildman–Crippen MR) is 85.7 cm³/mol. The van der Waals surface area contributed by atoms with Crippen LogP contribution in [0, 0.1) is 5.92 Å². The molecule has 1 amide bonds. The van der Waals surface area contributed by atoms with Crippen LogP contribution in [0.3, 0.4) is 0 Å². The van der Waals surface area contributed by atoms with Crippen molar-refractivity contribution in [2.45, 2.75) is 70.9 Å². The third-order valence-corrected chi connectivity index (χ3v) is 5.23. The van der Waals surface area contributed by atoms with Gasteiger partial charge in [-0.3, -0.25) is 14.5 Å². The predicted octanol–water partition coefficient (Wildman–Crippen LogP) is 2.35. The molecular weight excluding hydrogens is 280 g/mol. The Morgan fingerprint density at radius 3 is 2.27 bits per heavy atom. The number of carboxylic acids is 1. The molecule has 2 fully saturated rings. The zero-order valence-electron chi connectivity index (χ0n) is 14.0. The van der Waals surface area contributed by atoms with E-state index in [0.717, 1.165) is 58.0 Å². The summed E-state index contributed by atoms with van der Waals surface area (Å²) >= 11 is 0. The molecule has 0 aromatic heterocycles. The second-order valence-electron chi connectivity index (χ2n) is 6.74. The number of unbranched alkanes of at least 4 members (excludes halogenated alkanes) is 2. The molecule has 2 rings (SSSR count). The lowest BCUT2D eigenvalue weighted by Gasteiger charge is -2.28. The Labute approximate surface area is 133 Å². The maximum absolute atomic E-state index is 12.6. The van der Waals surface area contributed by atoms with Crippen LogP contribution in [0.25, 0.3) is 0 Å². The van der Waals surface area contributed by atoms with E-state index in [4.69, 9.17) is 0 Å². The van der Waals surface area contributed by atoms with Gasteiger partial charge in [-0.05, 0) is 32.1 Å². The molecule has 22 heavy (non-hydrogen) atoms. The van der Waals surface area contributed by atoms with Gasteiger partial charge in [0.2, 0.25) is 5.91 Å². The van der Waals surface area contributed by atoms with E-state index in [-0.39, 0.29) is 17.9 Å². The van der Waals surface area contributed by atoms with Crippen LogP contribution in [0.2, 0.25) is 0 Å². The molecule has 5 nitrogen and oxygen atoms in total. The van der Waals surface area contributed by atoms with Crippen molar-refractivity contribution in [1.82, 2.24) is 9.80 Å². The van der Waals surface area contributed by atoms with Gasteiger partial charge in [0.1, 0.15) is 0 Å². The van der Waals surface area contributed by atoms with Crippen LogP contribution in [0.15, 0.2) is 0 Å². The lowest BCUT2D eigenvalue weighted by Crippen LogP contribution is -2.44. The summed E-state index contributed by atoms with van der Waals surface area (Å²) in [5.74, 6) is -0.783. The summed E-state index contributed by atoms with van der Waals surface area (Å²) in [6.45, 7) is 6.36. The fourth-order valence-corrected chi connectivity index (χ4v) is 3.93. The van der Waals surface area contributed by atoms with Crippen LogP contribution >= 0.6 is 0 Å². The fraction of sp³-hybridized carbons (Fsp3) is 0.882. The Bertz CT molecular complexity index is 391. The van der Waals surface area contributed by atoms with Crippen LogP contribution in [-0.2, 0) is 9.59 Å². The number of carboxylic acid groups (broad SMARTS) is 1. The van der Waals surface area contributed by atoms with Gasteiger partial charge in [0.05, 0.1) is 12.5 Å². The first-order valence-electron chi connectivity index (χ1n) is 8.84. The maximum Gasteiger partial charge on any atom is 0.308 e. The van der Waals surface area contributed by atoms with Crippen molar-refractivity contribution in [2.75, 3.05) is 19.6 Å². The standard InChI is InChI=1S/C17H30N2O3/c1-3-5-9-18(10-6-4-2)16(20)12-19-13-7-8-15(19)14(11-13)17(21)22/h13-15H,3-12H2,1-2H3,(H,21,22). The minimum Gasteiger partial charge on any atom is -0.481 e. The first-order chi connectivity index (χ1) is 10.6. The Kier molecular flexibility index (Phi) is 6.24. The lowest BCUT2D eigenvalue weighted by molar-refractivity contribution is -0.143. The molecule has 2 aliphatic rings. The number of hydrogen-bond acceptors (Lipinski definition) is 3. The van der Waals surface area contributed by atoms with Crippen LogP contribution in [0.5, 0.6) is 0 Å². The summed E-state index contributed by atoms with van der Waals surface area (Å²) < 4.78 is 0. The summed E-state index contributed by atoms with van der Waals surface area (Å²) in [7, 11) is 0. The average molecular weight is 310 g/mol. The van der Waals surface area contributed by atoms with Crippen molar-refractivity contribution in [3.8, 4) is 0 Å². The Balaban J connectivity index is 1.93. The Morgan fingerprint density at radius 2 is 1.77 bits per heavy atom. The average Bonchev–Trinajstić information content (AvgIpc) is 3.04. The van der Waals surface area contributed by atoms with Gasteiger partial charge in [-0.25, -0.2) is 0 Å². The first-order valence-corrected chi connectivity index (χ1v) is 8.84. The Morgan fingerprint density at radius 1 is 1.14 bits per heavy atom. The number of carbonyl (C=O) groups excluding carboxylic acids is 1. The van der Waals surface area contributed by atoms with Crippen LogP contribution in [-0.4, -0.2) is 58.5 Å². The smallest absolute Gasteiger partial charge is 0.308 e. The zero-order chi connectivity index (χ0) is 16.1. The highest BCUT2D eigenvalue weighted by molar-refractivity contribution is 5.79. The van der Waals surface area contributed by atoms with Crippen LogP contribution < -0.4 is 0 Å². The van der Waals surface area contributed by atoms with Crippen molar-refractivity contribution in [1.29, 1.82) is 0 Å². The van der Waals surface area contributed by atoms with Gasteiger partial charge in [0, 0.05) is 25.2 Å². The minimum absolute atomic E-state index is 0.0747. The van der Waals surface area contributed by atoms with Crippen molar-refractivity contribution >= 4 is 11.9 Å². The molecule has 2 aliphatic heterocycles. The molecule has 2 saturated heterocycles. The van der Waals surface area contributed by atoms with E-state index in [1.165, 1.54) is 0 Å². The molecule has 3 atom stereocenters. The topological polar surface area (TPSA) is 60.9 Å². The summed E-state index contributed by atoms with van der Waals surface area (Å²) in [6, 6.07) is 0.375. The van der Waals surface area contributed by atoms with Crippen molar-refractivity contribution in [2.24, 2.45) is 5.92 Å². The van der Waals surface area contributed by atoms with Gasteiger partial charge >= 0.3 is 5.97 Å². The quantitative estimate of drug-likeness (QED) is 0.710. The second kappa shape index (κ2) is 7.95. The molecule has 0 aromatic rings. The van der Waals surface area contributed by atoms with Gasteiger partial charge in [0.15, 0.2) is 0 Å². The lowest BCUT2D eigenvalue weighted by atomic mass is 9.89. The van der Waals surface area contributed by atoms with Gasteiger partial charge in [0.25, 0.3) is 0 Å². The largest absolute Gasteiger partial charge is 0.481 e. The highest BCUT2D eigenvalue weighted by Crippen LogP contribution is 2.41. The molecule has 5 heteroatoms. The summed E-state index contributed by atoms with van der Waals surface area (Å²) in [4.78, 5) is 28.1. The van der Waals surface area contributed by atoms with E-state index in [1.54, 1.807) is 0 Å². The third kappa shape index (κ3) is 3.80. The molecule has 0 aliphatic carbocycles. The van der Waals surface area contributed by atoms with E-state index in [1.807, 2.05) is 4.90 Å². The highest BCUT2D eigenvalue weighted by Gasteiger charge is 2.49. The number of amides is 1. The minimum atomic E-state index is -0.696. The zero-order valence-corrected chi connectivity index (χ0v) is 14.0. The van der Waals surface area contributed by atoms with Crippen LogP contribution in [0.1, 0.15) is 58.8 Å². The van der Waals surface area contributed by atoms with Gasteiger partial charge in [-0.15, -0.1) is 0 Å². The third-order valence-electron chi connectivity index (χ3n) is 5.23. The van der Waals surface area contributed by atoms with Crippen molar-refractivity contribution in [3.05, 3.63) is 0 Å². The normalized spacial score (nSPS) is 27.3. The van der Waals surface area contributed by atoms with Crippen molar-refractivity contribution in [3.63, 3.8) is 0 Å². The maximum atomic E-state index is 12.6. The summed E-state index contributed by atoms with van der Waals surface area (Å²) in [5, 5.41) is 9.31. The molecule has 2 bridgehead atoms. The fourth-order valence-electron chi connectivity index (χ4n) is 3.93. The Hall–Kier alpha value is -1.10. The second-order valence-corrected chi connectivity index (χ2v) is 6.74.